The Bertz CT molecular complexity index is 351. The zero-order valence-corrected chi connectivity index (χ0v) is 6.91. The summed E-state index contributed by atoms with van der Waals surface area (Å²) in [7, 11) is 0. The van der Waals surface area contributed by atoms with Crippen LogP contribution in [0.15, 0.2) is 35.6 Å². The molecular weight excluding hydrogens is 148 g/mol. The van der Waals surface area contributed by atoms with E-state index < -0.39 is 0 Å². The Morgan fingerprint density at radius 1 is 1.25 bits per heavy atom. The average molecular weight is 158 g/mol. The van der Waals surface area contributed by atoms with Crippen LogP contribution in [-0.4, -0.2) is 5.71 Å². The van der Waals surface area contributed by atoms with Crippen LogP contribution in [0.25, 0.3) is 6.08 Å². The molecule has 0 aliphatic carbocycles. The molecule has 1 aromatic carbocycles. The highest BCUT2D eigenvalue weighted by atomic mass is 15.3. The van der Waals surface area contributed by atoms with Gasteiger partial charge in [0.1, 0.15) is 0 Å². The third-order valence-electron chi connectivity index (χ3n) is 1.92. The maximum atomic E-state index is 4.14. The molecule has 0 aromatic heterocycles. The summed E-state index contributed by atoms with van der Waals surface area (Å²) < 4.78 is 0. The summed E-state index contributed by atoms with van der Waals surface area (Å²) in [5.74, 6) is 0. The molecule has 0 atom stereocenters. The Hall–Kier alpha value is -1.57. The van der Waals surface area contributed by atoms with E-state index in [1.54, 1.807) is 0 Å². The monoisotopic (exact) mass is 158 g/mol. The van der Waals surface area contributed by atoms with E-state index >= 15 is 0 Å². The summed E-state index contributed by atoms with van der Waals surface area (Å²) in [6.45, 7) is 2.00. The largest absolute Gasteiger partial charge is 0.286 e. The fourth-order valence-corrected chi connectivity index (χ4v) is 1.29. The Kier molecular flexibility index (Phi) is 1.67. The fraction of sp³-hybridized carbons (Fsp3) is 0.100. The molecule has 0 saturated heterocycles. The van der Waals surface area contributed by atoms with Crippen molar-refractivity contribution in [2.24, 2.45) is 5.10 Å². The Balaban J connectivity index is 2.62. The lowest BCUT2D eigenvalue weighted by Gasteiger charge is -2.01. The van der Waals surface area contributed by atoms with E-state index in [9.17, 15) is 0 Å². The second kappa shape index (κ2) is 2.81. The van der Waals surface area contributed by atoms with Crippen LogP contribution in [0.4, 0.5) is 0 Å². The van der Waals surface area contributed by atoms with E-state index in [1.165, 1.54) is 11.1 Å². The smallest absolute Gasteiger partial charge is 0.0654 e. The van der Waals surface area contributed by atoms with Crippen molar-refractivity contribution in [1.29, 1.82) is 0 Å². The molecule has 60 valence electrons. The van der Waals surface area contributed by atoms with Crippen LogP contribution < -0.4 is 5.43 Å². The number of benzene rings is 1. The van der Waals surface area contributed by atoms with Crippen molar-refractivity contribution in [1.82, 2.24) is 5.43 Å². The third kappa shape index (κ3) is 1.11. The number of nitrogens with zero attached hydrogens (tertiary/aromatic N) is 1. The summed E-state index contributed by atoms with van der Waals surface area (Å²) >= 11 is 0. The SMILES string of the molecule is CC1=NNC=Cc2ccccc21. The van der Waals surface area contributed by atoms with Crippen molar-refractivity contribution in [2.45, 2.75) is 6.92 Å². The van der Waals surface area contributed by atoms with Crippen molar-refractivity contribution in [2.75, 3.05) is 0 Å². The average Bonchev–Trinajstić information content (AvgIpc) is 2.29. The second-order valence-electron chi connectivity index (χ2n) is 2.75. The maximum absolute atomic E-state index is 4.14. The minimum Gasteiger partial charge on any atom is -0.286 e. The van der Waals surface area contributed by atoms with E-state index in [1.807, 2.05) is 31.3 Å². The van der Waals surface area contributed by atoms with E-state index in [2.05, 4.69) is 22.7 Å². The lowest BCUT2D eigenvalue weighted by Crippen LogP contribution is -2.00. The van der Waals surface area contributed by atoms with Gasteiger partial charge in [0.25, 0.3) is 0 Å². The number of rotatable bonds is 0. The lowest BCUT2D eigenvalue weighted by atomic mass is 10.0. The van der Waals surface area contributed by atoms with Crippen molar-refractivity contribution in [3.8, 4) is 0 Å². The lowest BCUT2D eigenvalue weighted by molar-refractivity contribution is 0.975. The summed E-state index contributed by atoms with van der Waals surface area (Å²) in [5.41, 5.74) is 6.28. The first-order chi connectivity index (χ1) is 5.88. The van der Waals surface area contributed by atoms with Crippen LogP contribution in [0.5, 0.6) is 0 Å². The van der Waals surface area contributed by atoms with Gasteiger partial charge in [-0.3, -0.25) is 5.43 Å². The van der Waals surface area contributed by atoms with E-state index in [0.29, 0.717) is 0 Å². The zero-order valence-electron chi connectivity index (χ0n) is 6.91. The zero-order chi connectivity index (χ0) is 8.39. The van der Waals surface area contributed by atoms with Crippen molar-refractivity contribution >= 4 is 11.8 Å². The van der Waals surface area contributed by atoms with Gasteiger partial charge in [-0.25, -0.2) is 0 Å². The molecule has 1 aliphatic heterocycles. The standard InChI is InChI=1S/C10H10N2/c1-8-10-5-3-2-4-9(10)6-7-11-12-8/h2-7,11H,1H3. The molecule has 12 heavy (non-hydrogen) atoms. The van der Waals surface area contributed by atoms with Gasteiger partial charge >= 0.3 is 0 Å². The number of nitrogens with one attached hydrogen (secondary N) is 1. The van der Waals surface area contributed by atoms with Crippen LogP contribution in [-0.2, 0) is 0 Å². The minimum absolute atomic E-state index is 1.02. The van der Waals surface area contributed by atoms with Gasteiger partial charge in [-0.05, 0) is 18.6 Å². The summed E-state index contributed by atoms with van der Waals surface area (Å²) in [5, 5.41) is 4.14. The Morgan fingerprint density at radius 2 is 2.08 bits per heavy atom. The Morgan fingerprint density at radius 3 is 3.00 bits per heavy atom. The molecule has 2 nitrogen and oxygen atoms in total. The van der Waals surface area contributed by atoms with Gasteiger partial charge < -0.3 is 0 Å². The molecule has 1 aromatic rings. The third-order valence-corrected chi connectivity index (χ3v) is 1.92. The van der Waals surface area contributed by atoms with Gasteiger partial charge in [-0.2, -0.15) is 5.10 Å². The molecule has 1 N–H and O–H groups in total. The first kappa shape index (κ1) is 7.10. The first-order valence-corrected chi connectivity index (χ1v) is 3.94. The van der Waals surface area contributed by atoms with Crippen molar-refractivity contribution in [3.05, 3.63) is 41.6 Å². The molecule has 0 amide bonds. The molecule has 1 heterocycles. The van der Waals surface area contributed by atoms with Crippen LogP contribution in [0.1, 0.15) is 18.1 Å². The molecule has 2 rings (SSSR count). The highest BCUT2D eigenvalue weighted by molar-refractivity contribution is 6.02. The van der Waals surface area contributed by atoms with Gasteiger partial charge in [0.2, 0.25) is 0 Å². The molecule has 0 fully saturated rings. The van der Waals surface area contributed by atoms with Gasteiger partial charge in [0.05, 0.1) is 5.71 Å². The minimum atomic E-state index is 1.02. The van der Waals surface area contributed by atoms with Crippen LogP contribution in [0.3, 0.4) is 0 Å². The number of hydrogen-bond acceptors (Lipinski definition) is 2. The molecule has 2 heteroatoms. The van der Waals surface area contributed by atoms with Crippen LogP contribution in [0, 0.1) is 0 Å². The fourth-order valence-electron chi connectivity index (χ4n) is 1.29. The summed E-state index contributed by atoms with van der Waals surface area (Å²) in [6, 6.07) is 8.21. The van der Waals surface area contributed by atoms with Gasteiger partial charge in [0.15, 0.2) is 0 Å². The molecule has 1 aliphatic rings. The van der Waals surface area contributed by atoms with E-state index in [4.69, 9.17) is 0 Å². The molecule has 0 bridgehead atoms. The van der Waals surface area contributed by atoms with E-state index in [0.717, 1.165) is 5.71 Å². The predicted octanol–water partition coefficient (Wildman–Crippen LogP) is 1.98. The van der Waals surface area contributed by atoms with Gasteiger partial charge in [-0.1, -0.05) is 24.3 Å². The quantitative estimate of drug-likeness (QED) is 0.613. The highest BCUT2D eigenvalue weighted by Crippen LogP contribution is 2.12. The van der Waals surface area contributed by atoms with Crippen LogP contribution in [0.2, 0.25) is 0 Å². The normalized spacial score (nSPS) is 14.2. The number of hydrazone groups is 1. The maximum Gasteiger partial charge on any atom is 0.0654 e. The first-order valence-electron chi connectivity index (χ1n) is 3.94. The van der Waals surface area contributed by atoms with Gasteiger partial charge in [-0.15, -0.1) is 0 Å². The highest BCUT2D eigenvalue weighted by Gasteiger charge is 2.03. The molecule has 0 spiro atoms. The topological polar surface area (TPSA) is 24.4 Å². The van der Waals surface area contributed by atoms with Crippen molar-refractivity contribution < 1.29 is 0 Å². The predicted molar refractivity (Wildman–Crippen MR) is 50.8 cm³/mol. The molecule has 0 unspecified atom stereocenters. The summed E-state index contributed by atoms with van der Waals surface area (Å²) in [6.07, 6.45) is 3.87. The van der Waals surface area contributed by atoms with Crippen molar-refractivity contribution in [3.63, 3.8) is 0 Å². The van der Waals surface area contributed by atoms with Gasteiger partial charge in [0, 0.05) is 11.8 Å². The number of hydrogen-bond donors (Lipinski definition) is 1. The molecule has 0 saturated carbocycles. The molecular formula is C10H10N2. The second-order valence-corrected chi connectivity index (χ2v) is 2.75. The number of fused-ring (bicyclic) bond motifs is 1. The Labute approximate surface area is 71.6 Å². The van der Waals surface area contributed by atoms with Crippen LogP contribution >= 0.6 is 0 Å². The molecule has 0 radical (unpaired) electrons. The van der Waals surface area contributed by atoms with E-state index in [-0.39, 0.29) is 0 Å². The summed E-state index contributed by atoms with van der Waals surface area (Å²) in [4.78, 5) is 0.